The maximum absolute atomic E-state index is 12.4. The minimum atomic E-state index is -3.47. The number of hydrogen-bond donors (Lipinski definition) is 0. The zero-order valence-electron chi connectivity index (χ0n) is 10.2. The molecule has 0 N–H and O–H groups in total. The first-order chi connectivity index (χ1) is 8.54. The van der Waals surface area contributed by atoms with Crippen molar-refractivity contribution in [2.75, 3.05) is 13.1 Å². The van der Waals surface area contributed by atoms with Crippen LogP contribution in [0.4, 0.5) is 0 Å². The third-order valence-corrected chi connectivity index (χ3v) is 5.01. The monoisotopic (exact) mass is 263 g/mol. The fraction of sp³-hybridized carbons (Fsp3) is 0.385. The third-order valence-electron chi connectivity index (χ3n) is 3.15. The van der Waals surface area contributed by atoms with Gasteiger partial charge in [-0.25, -0.2) is 8.42 Å². The van der Waals surface area contributed by atoms with Crippen LogP contribution < -0.4 is 0 Å². The molecule has 0 bridgehead atoms. The highest BCUT2D eigenvalue weighted by atomic mass is 32.2. The summed E-state index contributed by atoms with van der Waals surface area (Å²) in [5.41, 5.74) is 0.366. The molecular weight excluding hydrogens is 248 g/mol. The fourth-order valence-corrected chi connectivity index (χ4v) is 3.40. The van der Waals surface area contributed by atoms with Gasteiger partial charge in [-0.05, 0) is 37.0 Å². The molecule has 0 aliphatic carbocycles. The van der Waals surface area contributed by atoms with Gasteiger partial charge in [0.1, 0.15) is 0 Å². The van der Waals surface area contributed by atoms with Gasteiger partial charge in [0.05, 0.1) is 16.5 Å². The molecule has 0 aromatic heterocycles. The maximum atomic E-state index is 12.4. The van der Waals surface area contributed by atoms with Crippen LogP contribution in [0.3, 0.4) is 0 Å². The van der Waals surface area contributed by atoms with Crippen molar-refractivity contribution in [3.63, 3.8) is 0 Å². The molecule has 1 aromatic rings. The van der Waals surface area contributed by atoms with E-state index in [1.807, 2.05) is 12.5 Å². The van der Waals surface area contributed by atoms with Gasteiger partial charge < -0.3 is 0 Å². The number of benzene rings is 1. The third kappa shape index (κ3) is 2.55. The first-order valence-corrected chi connectivity index (χ1v) is 7.31. The molecule has 1 unspecified atom stereocenters. The zero-order chi connectivity index (χ0) is 13.2. The fourth-order valence-electron chi connectivity index (χ4n) is 1.95. The van der Waals surface area contributed by atoms with E-state index in [1.165, 1.54) is 16.4 Å². The van der Waals surface area contributed by atoms with Gasteiger partial charge in [-0.15, -0.1) is 0 Å². The number of nitriles is 1. The van der Waals surface area contributed by atoms with Gasteiger partial charge >= 0.3 is 0 Å². The smallest absolute Gasteiger partial charge is 0.207 e. The van der Waals surface area contributed by atoms with Crippen molar-refractivity contribution >= 4 is 10.0 Å². The molecule has 1 heterocycles. The van der Waals surface area contributed by atoms with Gasteiger partial charge in [-0.2, -0.15) is 9.57 Å². The largest absolute Gasteiger partial charge is 0.243 e. The molecule has 1 atom stereocenters. The Labute approximate surface area is 108 Å². The second kappa shape index (κ2) is 5.09. The molecule has 0 amide bonds. The lowest BCUT2D eigenvalue weighted by Gasteiger charge is -2.29. The lowest BCUT2D eigenvalue weighted by Crippen LogP contribution is -2.38. The second-order valence-corrected chi connectivity index (χ2v) is 6.44. The van der Waals surface area contributed by atoms with Gasteiger partial charge in [-0.3, -0.25) is 0 Å². The molecule has 18 heavy (non-hydrogen) atoms. The molecule has 1 radical (unpaired) electrons. The maximum Gasteiger partial charge on any atom is 0.243 e. The molecule has 1 aliphatic rings. The summed E-state index contributed by atoms with van der Waals surface area (Å²) in [6.07, 6.45) is 2.85. The first kappa shape index (κ1) is 13.1. The van der Waals surface area contributed by atoms with Crippen molar-refractivity contribution < 1.29 is 8.42 Å². The second-order valence-electron chi connectivity index (χ2n) is 4.50. The van der Waals surface area contributed by atoms with Crippen LogP contribution >= 0.6 is 0 Å². The van der Waals surface area contributed by atoms with Crippen LogP contribution in [0.2, 0.25) is 0 Å². The van der Waals surface area contributed by atoms with Crippen molar-refractivity contribution in [1.29, 1.82) is 5.26 Å². The summed E-state index contributed by atoms with van der Waals surface area (Å²) in [4.78, 5) is 0.199. The standard InChI is InChI=1S/C13H15N2O2S/c1-11-5-7-15(8-6-11)18(16,17)13-4-2-3-12(9-13)10-14/h2-5,9,11H,6-8H2,1H3. The van der Waals surface area contributed by atoms with Gasteiger partial charge in [0.15, 0.2) is 0 Å². The normalized spacial score (nSPS) is 18.4. The predicted octanol–water partition coefficient (Wildman–Crippen LogP) is 1.79. The van der Waals surface area contributed by atoms with Gasteiger partial charge in [0, 0.05) is 13.1 Å². The van der Waals surface area contributed by atoms with Gasteiger partial charge in [0.2, 0.25) is 10.0 Å². The van der Waals surface area contributed by atoms with Crippen LogP contribution in [-0.2, 0) is 10.0 Å². The van der Waals surface area contributed by atoms with Crippen LogP contribution in [-0.4, -0.2) is 25.8 Å². The first-order valence-electron chi connectivity index (χ1n) is 5.87. The van der Waals surface area contributed by atoms with Crippen LogP contribution in [0.1, 0.15) is 18.9 Å². The van der Waals surface area contributed by atoms with Crippen LogP contribution in [0.25, 0.3) is 0 Å². The summed E-state index contributed by atoms with van der Waals surface area (Å²) < 4.78 is 26.2. The average Bonchev–Trinajstić information content (AvgIpc) is 2.39. The van der Waals surface area contributed by atoms with Crippen LogP contribution in [0.15, 0.2) is 29.2 Å². The Morgan fingerprint density at radius 2 is 2.22 bits per heavy atom. The molecule has 4 nitrogen and oxygen atoms in total. The summed E-state index contributed by atoms with van der Waals surface area (Å²) in [6.45, 7) is 3.07. The van der Waals surface area contributed by atoms with E-state index in [1.54, 1.807) is 12.1 Å². The average molecular weight is 263 g/mol. The topological polar surface area (TPSA) is 61.2 Å². The highest BCUT2D eigenvalue weighted by molar-refractivity contribution is 7.89. The highest BCUT2D eigenvalue weighted by Crippen LogP contribution is 2.23. The van der Waals surface area contributed by atoms with Crippen molar-refractivity contribution in [2.24, 2.45) is 5.92 Å². The predicted molar refractivity (Wildman–Crippen MR) is 68.0 cm³/mol. The molecular formula is C13H15N2O2S. The van der Waals surface area contributed by atoms with E-state index in [4.69, 9.17) is 5.26 Å². The Bertz CT molecular complexity index is 567. The Kier molecular flexibility index (Phi) is 3.69. The quantitative estimate of drug-likeness (QED) is 0.817. The van der Waals surface area contributed by atoms with Crippen molar-refractivity contribution in [3.05, 3.63) is 36.2 Å². The number of piperidine rings is 1. The molecule has 5 heteroatoms. The number of hydrogen-bond acceptors (Lipinski definition) is 3. The molecule has 1 aromatic carbocycles. The highest BCUT2D eigenvalue weighted by Gasteiger charge is 2.28. The molecule has 95 valence electrons. The summed E-state index contributed by atoms with van der Waals surface area (Å²) in [5, 5.41) is 8.81. The minimum absolute atomic E-state index is 0.199. The summed E-state index contributed by atoms with van der Waals surface area (Å²) in [5.74, 6) is 0.460. The number of rotatable bonds is 2. The van der Waals surface area contributed by atoms with Crippen LogP contribution in [0, 0.1) is 23.7 Å². The zero-order valence-corrected chi connectivity index (χ0v) is 11.0. The van der Waals surface area contributed by atoms with E-state index in [9.17, 15) is 8.42 Å². The Hall–Kier alpha value is -1.38. The summed E-state index contributed by atoms with van der Waals surface area (Å²) >= 11 is 0. The van der Waals surface area contributed by atoms with E-state index in [-0.39, 0.29) is 4.90 Å². The minimum Gasteiger partial charge on any atom is -0.207 e. The molecule has 1 saturated heterocycles. The van der Waals surface area contributed by atoms with E-state index >= 15 is 0 Å². The molecule has 2 rings (SSSR count). The lowest BCUT2D eigenvalue weighted by atomic mass is 10.0. The van der Waals surface area contributed by atoms with Crippen molar-refractivity contribution in [3.8, 4) is 6.07 Å². The van der Waals surface area contributed by atoms with E-state index in [2.05, 4.69) is 6.92 Å². The summed E-state index contributed by atoms with van der Waals surface area (Å²) in [6, 6.07) is 8.12. The molecule has 1 fully saturated rings. The van der Waals surface area contributed by atoms with E-state index in [0.717, 1.165) is 6.42 Å². The van der Waals surface area contributed by atoms with Crippen molar-refractivity contribution in [1.82, 2.24) is 4.31 Å². The van der Waals surface area contributed by atoms with Gasteiger partial charge in [-0.1, -0.05) is 13.0 Å². The van der Waals surface area contributed by atoms with Crippen molar-refractivity contribution in [2.45, 2.75) is 18.2 Å². The molecule has 0 spiro atoms. The summed E-state index contributed by atoms with van der Waals surface area (Å²) in [7, 11) is -3.47. The van der Waals surface area contributed by atoms with Gasteiger partial charge in [0.25, 0.3) is 0 Å². The number of nitrogens with zero attached hydrogens (tertiary/aromatic N) is 2. The Morgan fingerprint density at radius 3 is 2.83 bits per heavy atom. The lowest BCUT2D eigenvalue weighted by molar-refractivity contribution is 0.347. The van der Waals surface area contributed by atoms with E-state index < -0.39 is 10.0 Å². The molecule has 1 aliphatic heterocycles. The number of sulfonamides is 1. The van der Waals surface area contributed by atoms with Crippen LogP contribution in [0.5, 0.6) is 0 Å². The molecule has 0 saturated carbocycles. The Balaban J connectivity index is 2.28. The SMILES string of the molecule is CC1[CH]CN(S(=O)(=O)c2cccc(C#N)c2)CC1. The Morgan fingerprint density at radius 1 is 1.44 bits per heavy atom. The van der Waals surface area contributed by atoms with E-state index in [0.29, 0.717) is 24.6 Å².